The summed E-state index contributed by atoms with van der Waals surface area (Å²) >= 11 is 1.47. The van der Waals surface area contributed by atoms with E-state index in [1.807, 2.05) is 25.1 Å². The molecular weight excluding hydrogens is 352 g/mol. The smallest absolute Gasteiger partial charge is 0.230 e. The highest BCUT2D eigenvalue weighted by atomic mass is 32.1. The van der Waals surface area contributed by atoms with E-state index in [1.54, 1.807) is 14.2 Å². The molecule has 3 aromatic rings. The van der Waals surface area contributed by atoms with Crippen LogP contribution in [0.5, 0.6) is 17.4 Å². The Kier molecular flexibility index (Phi) is 4.46. The van der Waals surface area contributed by atoms with E-state index in [2.05, 4.69) is 15.0 Å². The number of hydrogen-bond acceptors (Lipinski definition) is 7. The van der Waals surface area contributed by atoms with Gasteiger partial charge in [-0.2, -0.15) is 4.52 Å². The predicted molar refractivity (Wildman–Crippen MR) is 99.5 cm³/mol. The average molecular weight is 374 g/mol. The Balaban J connectivity index is 1.87. The van der Waals surface area contributed by atoms with Gasteiger partial charge in [-0.25, -0.2) is 4.98 Å². The molecule has 7 nitrogen and oxygen atoms in total. The van der Waals surface area contributed by atoms with Crippen LogP contribution in [-0.2, 0) is 0 Å². The molecule has 2 aromatic heterocycles. The second-order valence-electron chi connectivity index (χ2n) is 6.40. The first-order chi connectivity index (χ1) is 12.6. The van der Waals surface area contributed by atoms with Crippen LogP contribution in [0.25, 0.3) is 4.96 Å². The first-order valence-corrected chi connectivity index (χ1v) is 9.45. The zero-order valence-corrected chi connectivity index (χ0v) is 15.9. The van der Waals surface area contributed by atoms with Gasteiger partial charge in [-0.05, 0) is 45.0 Å². The first kappa shape index (κ1) is 17.1. The number of hydrogen-bond donors (Lipinski definition) is 1. The number of nitrogens with zero attached hydrogens (tertiary/aromatic N) is 4. The average Bonchev–Trinajstić information content (AvgIpc) is 3.35. The highest BCUT2D eigenvalue weighted by Crippen LogP contribution is 2.44. The maximum atomic E-state index is 10.8. The topological polar surface area (TPSA) is 72.1 Å². The summed E-state index contributed by atoms with van der Waals surface area (Å²) in [6, 6.07) is 5.73. The molecular formula is C18H22N4O3S. The van der Waals surface area contributed by atoms with Crippen LogP contribution in [0.3, 0.4) is 0 Å². The summed E-state index contributed by atoms with van der Waals surface area (Å²) < 4.78 is 12.5. The largest absolute Gasteiger partial charge is 0.497 e. The van der Waals surface area contributed by atoms with Gasteiger partial charge >= 0.3 is 0 Å². The van der Waals surface area contributed by atoms with Crippen molar-refractivity contribution in [3.63, 3.8) is 0 Å². The summed E-state index contributed by atoms with van der Waals surface area (Å²) in [6.45, 7) is 3.78. The Bertz CT molecular complexity index is 930. The quantitative estimate of drug-likeness (QED) is 0.740. The van der Waals surface area contributed by atoms with E-state index in [1.165, 1.54) is 15.9 Å². The molecule has 0 saturated carbocycles. The molecule has 1 aromatic carbocycles. The molecule has 1 aliphatic rings. The Morgan fingerprint density at radius 3 is 2.62 bits per heavy atom. The molecule has 1 atom stereocenters. The predicted octanol–water partition coefficient (Wildman–Crippen LogP) is 3.01. The van der Waals surface area contributed by atoms with Crippen LogP contribution in [0.4, 0.5) is 0 Å². The standard InChI is InChI=1S/C18H22N4O3S/c1-11-19-18-22(20-11)17(23)16(26-18)15(21-8-4-5-9-21)13-7-6-12(24-2)10-14(13)25-3/h6-7,10,15,23H,4-5,8-9H2,1-3H3/t15-/m1/s1. The molecule has 3 heterocycles. The molecule has 0 spiro atoms. The Morgan fingerprint density at radius 2 is 1.96 bits per heavy atom. The molecule has 0 amide bonds. The number of methoxy groups -OCH3 is 2. The van der Waals surface area contributed by atoms with E-state index in [0.29, 0.717) is 10.8 Å². The van der Waals surface area contributed by atoms with Crippen LogP contribution in [0, 0.1) is 6.92 Å². The molecule has 1 aliphatic heterocycles. The van der Waals surface area contributed by atoms with Crippen LogP contribution < -0.4 is 9.47 Å². The highest BCUT2D eigenvalue weighted by Gasteiger charge is 2.33. The number of fused-ring (bicyclic) bond motifs is 1. The molecule has 0 bridgehead atoms. The Hall–Kier alpha value is -2.32. The van der Waals surface area contributed by atoms with Crippen molar-refractivity contribution in [2.45, 2.75) is 25.8 Å². The van der Waals surface area contributed by atoms with E-state index in [4.69, 9.17) is 9.47 Å². The Labute approximate surface area is 155 Å². The van der Waals surface area contributed by atoms with Gasteiger partial charge in [0, 0.05) is 11.6 Å². The second kappa shape index (κ2) is 6.77. The zero-order chi connectivity index (χ0) is 18.3. The van der Waals surface area contributed by atoms with E-state index < -0.39 is 0 Å². The normalized spacial score (nSPS) is 16.3. The number of benzene rings is 1. The fraction of sp³-hybridized carbons (Fsp3) is 0.444. The van der Waals surface area contributed by atoms with Crippen molar-refractivity contribution in [2.75, 3.05) is 27.3 Å². The number of aryl methyl sites for hydroxylation is 1. The fourth-order valence-electron chi connectivity index (χ4n) is 3.57. The lowest BCUT2D eigenvalue weighted by Gasteiger charge is -2.28. The van der Waals surface area contributed by atoms with Gasteiger partial charge < -0.3 is 14.6 Å². The summed E-state index contributed by atoms with van der Waals surface area (Å²) in [5, 5.41) is 15.1. The van der Waals surface area contributed by atoms with Crippen LogP contribution in [-0.4, -0.2) is 51.9 Å². The summed E-state index contributed by atoms with van der Waals surface area (Å²) in [5.41, 5.74) is 1.01. The van der Waals surface area contributed by atoms with Gasteiger partial charge in [0.05, 0.1) is 25.1 Å². The van der Waals surface area contributed by atoms with E-state index in [-0.39, 0.29) is 11.9 Å². The zero-order valence-electron chi connectivity index (χ0n) is 15.1. The van der Waals surface area contributed by atoms with Crippen molar-refractivity contribution in [2.24, 2.45) is 0 Å². The molecule has 138 valence electrons. The molecule has 1 N–H and O–H groups in total. The van der Waals surface area contributed by atoms with Gasteiger partial charge in [0.2, 0.25) is 10.8 Å². The Morgan fingerprint density at radius 1 is 1.19 bits per heavy atom. The lowest BCUT2D eigenvalue weighted by Crippen LogP contribution is -2.26. The summed E-state index contributed by atoms with van der Waals surface area (Å²) in [6.07, 6.45) is 2.30. The molecule has 1 fully saturated rings. The molecule has 4 rings (SSSR count). The fourth-order valence-corrected chi connectivity index (χ4v) is 4.73. The monoisotopic (exact) mass is 374 g/mol. The third kappa shape index (κ3) is 2.79. The van der Waals surface area contributed by atoms with Gasteiger partial charge in [-0.15, -0.1) is 5.10 Å². The molecule has 0 aliphatic carbocycles. The van der Waals surface area contributed by atoms with Crippen molar-refractivity contribution < 1.29 is 14.6 Å². The van der Waals surface area contributed by atoms with Gasteiger partial charge in [0.1, 0.15) is 17.3 Å². The van der Waals surface area contributed by atoms with Crippen LogP contribution in [0.15, 0.2) is 18.2 Å². The van der Waals surface area contributed by atoms with E-state index >= 15 is 0 Å². The highest BCUT2D eigenvalue weighted by molar-refractivity contribution is 7.17. The summed E-state index contributed by atoms with van der Waals surface area (Å²) in [5.74, 6) is 2.29. The molecule has 8 heteroatoms. The molecule has 26 heavy (non-hydrogen) atoms. The van der Waals surface area contributed by atoms with Crippen LogP contribution in [0.1, 0.15) is 35.1 Å². The lowest BCUT2D eigenvalue weighted by atomic mass is 10.0. The molecule has 0 radical (unpaired) electrons. The van der Waals surface area contributed by atoms with Gasteiger partial charge in [0.15, 0.2) is 0 Å². The maximum Gasteiger partial charge on any atom is 0.230 e. The summed E-state index contributed by atoms with van der Waals surface area (Å²) in [7, 11) is 3.30. The van der Waals surface area contributed by atoms with Gasteiger partial charge in [-0.1, -0.05) is 11.3 Å². The van der Waals surface area contributed by atoms with Crippen molar-refractivity contribution in [3.8, 4) is 17.4 Å². The van der Waals surface area contributed by atoms with E-state index in [0.717, 1.165) is 47.9 Å². The van der Waals surface area contributed by atoms with Crippen LogP contribution >= 0.6 is 11.3 Å². The van der Waals surface area contributed by atoms with E-state index in [9.17, 15) is 5.11 Å². The van der Waals surface area contributed by atoms with Crippen molar-refractivity contribution >= 4 is 16.3 Å². The van der Waals surface area contributed by atoms with Gasteiger partial charge in [0.25, 0.3) is 0 Å². The van der Waals surface area contributed by atoms with Crippen LogP contribution in [0.2, 0.25) is 0 Å². The van der Waals surface area contributed by atoms with Crippen molar-refractivity contribution in [3.05, 3.63) is 34.5 Å². The molecule has 1 saturated heterocycles. The second-order valence-corrected chi connectivity index (χ2v) is 7.41. The van der Waals surface area contributed by atoms with Gasteiger partial charge in [-0.3, -0.25) is 4.90 Å². The number of aromatic hydroxyl groups is 1. The first-order valence-electron chi connectivity index (χ1n) is 8.63. The number of rotatable bonds is 5. The number of thiazole rings is 1. The minimum absolute atomic E-state index is 0.104. The maximum absolute atomic E-state index is 10.8. The number of ether oxygens (including phenoxy) is 2. The minimum Gasteiger partial charge on any atom is -0.497 e. The SMILES string of the molecule is COc1ccc([C@H](c2sc3nc(C)nn3c2O)N2CCCC2)c(OC)c1. The van der Waals surface area contributed by atoms with Crippen molar-refractivity contribution in [1.29, 1.82) is 0 Å². The third-order valence-corrected chi connectivity index (χ3v) is 5.87. The lowest BCUT2D eigenvalue weighted by molar-refractivity contribution is 0.269. The molecule has 0 unspecified atom stereocenters. The summed E-state index contributed by atoms with van der Waals surface area (Å²) in [4.78, 5) is 8.32. The minimum atomic E-state index is -0.104. The number of likely N-dealkylation sites (tertiary alicyclic amines) is 1. The number of aromatic nitrogens is 3. The van der Waals surface area contributed by atoms with Crippen molar-refractivity contribution in [1.82, 2.24) is 19.5 Å². The third-order valence-electron chi connectivity index (χ3n) is 4.79.